The summed E-state index contributed by atoms with van der Waals surface area (Å²) in [6.07, 6.45) is 8.07. The highest BCUT2D eigenvalue weighted by molar-refractivity contribution is 5.72. The molecule has 9 atom stereocenters. The van der Waals surface area contributed by atoms with E-state index in [2.05, 4.69) is 19.2 Å². The third kappa shape index (κ3) is 4.13. The number of nitrogens with two attached hydrogens (primary N) is 1. The highest BCUT2D eigenvalue weighted by Gasteiger charge is 2.67. The number of amides is 1. The molecule has 0 aliphatic heterocycles. The van der Waals surface area contributed by atoms with Gasteiger partial charge < -0.3 is 31.1 Å². The molecule has 0 aromatic rings. The van der Waals surface area contributed by atoms with Crippen molar-refractivity contribution in [2.24, 2.45) is 46.2 Å². The number of nitrogens with one attached hydrogen (secondary N) is 1. The predicted octanol–water partition coefficient (Wildman–Crippen LogP) is 2.90. The first kappa shape index (κ1) is 25.7. The minimum Gasteiger partial charge on any atom is -0.481 e. The lowest BCUT2D eigenvalue weighted by molar-refractivity contribution is -0.157. The molecular formula is C26H44N2O6. The van der Waals surface area contributed by atoms with E-state index >= 15 is 0 Å². The molecule has 4 aliphatic carbocycles. The van der Waals surface area contributed by atoms with Gasteiger partial charge in [0.2, 0.25) is 0 Å². The first-order chi connectivity index (χ1) is 16.1. The predicted molar refractivity (Wildman–Crippen MR) is 127 cm³/mol. The third-order valence-corrected chi connectivity index (χ3v) is 10.9. The Bertz CT molecular complexity index is 778. The highest BCUT2D eigenvalue weighted by Crippen LogP contribution is 2.68. The number of aliphatic hydroxyl groups is 2. The van der Waals surface area contributed by atoms with E-state index in [1.807, 2.05) is 0 Å². The lowest BCUT2D eigenvalue weighted by Crippen LogP contribution is -2.66. The van der Waals surface area contributed by atoms with Crippen molar-refractivity contribution in [1.82, 2.24) is 5.32 Å². The SMILES string of the molecule is C[C@]12CC[C@H](OC(=O)NCC(CO)CCO)C[C@H]1CC[C@@H]1[C@@H]2CC[C@]2(C)[C@@H](C(=O)O)CC[C@]12N. The molecule has 4 fully saturated rings. The summed E-state index contributed by atoms with van der Waals surface area (Å²) in [5.74, 6) is 0.138. The normalized spacial score (nSPS) is 44.3. The average molecular weight is 481 g/mol. The van der Waals surface area contributed by atoms with Gasteiger partial charge in [-0.05, 0) is 92.8 Å². The molecule has 1 amide bonds. The number of ether oxygens (including phenoxy) is 1. The average Bonchev–Trinajstić information content (AvgIpc) is 3.08. The van der Waals surface area contributed by atoms with E-state index < -0.39 is 17.6 Å². The van der Waals surface area contributed by atoms with Crippen LogP contribution in [-0.2, 0) is 9.53 Å². The van der Waals surface area contributed by atoms with Crippen LogP contribution >= 0.6 is 0 Å². The Morgan fingerprint density at radius 2 is 1.82 bits per heavy atom. The maximum absolute atomic E-state index is 12.4. The van der Waals surface area contributed by atoms with E-state index in [9.17, 15) is 19.8 Å². The van der Waals surface area contributed by atoms with Crippen LogP contribution in [0.5, 0.6) is 0 Å². The van der Waals surface area contributed by atoms with Crippen molar-refractivity contribution in [3.8, 4) is 0 Å². The molecule has 0 aromatic carbocycles. The summed E-state index contributed by atoms with van der Waals surface area (Å²) in [5, 5.41) is 31.0. The largest absolute Gasteiger partial charge is 0.481 e. The van der Waals surface area contributed by atoms with E-state index in [1.54, 1.807) is 0 Å². The van der Waals surface area contributed by atoms with Crippen LogP contribution in [0.15, 0.2) is 0 Å². The number of carbonyl (C=O) groups is 2. The van der Waals surface area contributed by atoms with E-state index in [-0.39, 0.29) is 42.0 Å². The van der Waals surface area contributed by atoms with Gasteiger partial charge in [0.05, 0.1) is 5.92 Å². The smallest absolute Gasteiger partial charge is 0.407 e. The summed E-state index contributed by atoms with van der Waals surface area (Å²) in [7, 11) is 0. The first-order valence-electron chi connectivity index (χ1n) is 13.3. The second kappa shape index (κ2) is 9.58. The van der Waals surface area contributed by atoms with E-state index in [1.165, 1.54) is 0 Å². The molecule has 4 rings (SSSR count). The summed E-state index contributed by atoms with van der Waals surface area (Å²) in [4.78, 5) is 24.3. The van der Waals surface area contributed by atoms with Crippen molar-refractivity contribution in [2.45, 2.75) is 89.7 Å². The molecule has 0 heterocycles. The zero-order chi connectivity index (χ0) is 24.7. The standard InChI is InChI=1S/C26H44N2O6/c1-24-9-5-18(34-23(33)28-14-16(15-30)8-12-29)13-17(24)3-4-20-19(24)6-10-25(2)21(22(31)32)7-11-26(20,25)27/h16-21,29-30H,3-15,27H2,1-2H3,(H,28,33)(H,31,32)/t16?,17-,18+,19+,20-,21-,24+,25-,26+/m1/s1. The van der Waals surface area contributed by atoms with Gasteiger partial charge in [-0.25, -0.2) is 4.79 Å². The molecule has 8 heteroatoms. The van der Waals surface area contributed by atoms with Crippen molar-refractivity contribution < 1.29 is 29.6 Å². The summed E-state index contributed by atoms with van der Waals surface area (Å²) < 4.78 is 5.76. The molecule has 8 nitrogen and oxygen atoms in total. The van der Waals surface area contributed by atoms with Crippen molar-refractivity contribution in [3.05, 3.63) is 0 Å². The van der Waals surface area contributed by atoms with Crippen molar-refractivity contribution in [1.29, 1.82) is 0 Å². The minimum atomic E-state index is -0.689. The monoisotopic (exact) mass is 480 g/mol. The Balaban J connectivity index is 1.39. The van der Waals surface area contributed by atoms with Gasteiger partial charge in [-0.2, -0.15) is 0 Å². The number of carboxylic acids is 1. The molecule has 194 valence electrons. The number of alkyl carbamates (subject to hydrolysis) is 1. The van der Waals surface area contributed by atoms with Gasteiger partial charge >= 0.3 is 12.1 Å². The number of rotatable bonds is 7. The van der Waals surface area contributed by atoms with Crippen LogP contribution in [0, 0.1) is 40.4 Å². The van der Waals surface area contributed by atoms with Gasteiger partial charge in [-0.1, -0.05) is 13.8 Å². The number of aliphatic carboxylic acids is 1. The van der Waals surface area contributed by atoms with Crippen LogP contribution < -0.4 is 11.1 Å². The molecule has 0 bridgehead atoms. The van der Waals surface area contributed by atoms with Crippen molar-refractivity contribution in [3.63, 3.8) is 0 Å². The fourth-order valence-electron chi connectivity index (χ4n) is 8.65. The Kier molecular flexibility index (Phi) is 7.25. The van der Waals surface area contributed by atoms with Crippen LogP contribution in [0.4, 0.5) is 4.79 Å². The Morgan fingerprint density at radius 3 is 2.50 bits per heavy atom. The molecule has 0 saturated heterocycles. The highest BCUT2D eigenvalue weighted by atomic mass is 16.6. The molecule has 0 spiro atoms. The van der Waals surface area contributed by atoms with Crippen LogP contribution in [0.2, 0.25) is 0 Å². The summed E-state index contributed by atoms with van der Waals surface area (Å²) in [6.45, 7) is 4.73. The molecule has 4 saturated carbocycles. The maximum Gasteiger partial charge on any atom is 0.407 e. The topological polar surface area (TPSA) is 142 Å². The number of hydrogen-bond donors (Lipinski definition) is 5. The molecule has 6 N–H and O–H groups in total. The summed E-state index contributed by atoms with van der Waals surface area (Å²) >= 11 is 0. The van der Waals surface area contributed by atoms with E-state index in [4.69, 9.17) is 15.6 Å². The Morgan fingerprint density at radius 1 is 1.06 bits per heavy atom. The maximum atomic E-state index is 12.4. The molecule has 34 heavy (non-hydrogen) atoms. The number of aliphatic hydroxyl groups excluding tert-OH is 2. The fourth-order valence-corrected chi connectivity index (χ4v) is 8.65. The van der Waals surface area contributed by atoms with Crippen molar-refractivity contribution in [2.75, 3.05) is 19.8 Å². The van der Waals surface area contributed by atoms with Gasteiger partial charge in [0.25, 0.3) is 0 Å². The van der Waals surface area contributed by atoms with Crippen LogP contribution in [0.3, 0.4) is 0 Å². The Hall–Kier alpha value is -1.38. The van der Waals surface area contributed by atoms with Crippen LogP contribution in [-0.4, -0.2) is 58.8 Å². The Labute approximate surface area is 203 Å². The van der Waals surface area contributed by atoms with Crippen LogP contribution in [0.25, 0.3) is 0 Å². The molecular weight excluding hydrogens is 436 g/mol. The van der Waals surface area contributed by atoms with Gasteiger partial charge in [0.1, 0.15) is 6.10 Å². The van der Waals surface area contributed by atoms with Gasteiger partial charge in [-0.3, -0.25) is 4.79 Å². The van der Waals surface area contributed by atoms with E-state index in [0.717, 1.165) is 51.4 Å². The number of carbonyl (C=O) groups excluding carboxylic acids is 1. The minimum absolute atomic E-state index is 0.0206. The number of fused-ring (bicyclic) bond motifs is 5. The number of hydrogen-bond acceptors (Lipinski definition) is 6. The zero-order valence-electron chi connectivity index (χ0n) is 20.8. The lowest BCUT2D eigenvalue weighted by Gasteiger charge is -2.64. The zero-order valence-corrected chi connectivity index (χ0v) is 20.8. The summed E-state index contributed by atoms with van der Waals surface area (Å²) in [6, 6.07) is 0. The molecule has 0 aromatic heterocycles. The fraction of sp³-hybridized carbons (Fsp3) is 0.923. The second-order valence-corrected chi connectivity index (χ2v) is 12.2. The van der Waals surface area contributed by atoms with Crippen molar-refractivity contribution >= 4 is 12.1 Å². The van der Waals surface area contributed by atoms with E-state index in [0.29, 0.717) is 37.1 Å². The molecule has 0 radical (unpaired) electrons. The second-order valence-electron chi connectivity index (χ2n) is 12.2. The van der Waals surface area contributed by atoms with Crippen LogP contribution in [0.1, 0.15) is 78.1 Å². The lowest BCUT2D eigenvalue weighted by atomic mass is 9.42. The molecule has 1 unspecified atom stereocenters. The first-order valence-corrected chi connectivity index (χ1v) is 13.3. The quantitative estimate of drug-likeness (QED) is 0.377. The van der Waals surface area contributed by atoms with Gasteiger partial charge in [0, 0.05) is 31.2 Å². The summed E-state index contributed by atoms with van der Waals surface area (Å²) in [5.41, 5.74) is 6.59. The van der Waals surface area contributed by atoms with Gasteiger partial charge in [-0.15, -0.1) is 0 Å². The molecule has 4 aliphatic rings. The van der Waals surface area contributed by atoms with Gasteiger partial charge in [0.15, 0.2) is 0 Å². The number of carboxylic acid groups (broad SMARTS) is 1. The third-order valence-electron chi connectivity index (χ3n) is 10.9.